The molecule has 0 unspecified atom stereocenters. The summed E-state index contributed by atoms with van der Waals surface area (Å²) < 4.78 is 10.6. The number of guanidine groups is 1. The Morgan fingerprint density at radius 1 is 1.35 bits per heavy atom. The topological polar surface area (TPSA) is 75.2 Å². The molecule has 1 saturated heterocycles. The number of methoxy groups -OCH3 is 1. The molecule has 1 aliphatic heterocycles. The maximum atomic E-state index is 12.0. The number of benzene rings is 1. The van der Waals surface area contributed by atoms with Crippen molar-refractivity contribution in [3.05, 3.63) is 29.3 Å². The molecule has 0 radical (unpaired) electrons. The van der Waals surface area contributed by atoms with Crippen molar-refractivity contribution in [1.82, 2.24) is 15.5 Å². The number of carbonyl (C=O) groups is 1. The van der Waals surface area contributed by atoms with Crippen LogP contribution >= 0.6 is 0 Å². The van der Waals surface area contributed by atoms with Crippen LogP contribution in [-0.4, -0.2) is 55.8 Å². The van der Waals surface area contributed by atoms with Gasteiger partial charge in [0.2, 0.25) is 0 Å². The van der Waals surface area contributed by atoms with Crippen molar-refractivity contribution in [3.63, 3.8) is 0 Å². The molecule has 0 spiro atoms. The van der Waals surface area contributed by atoms with Gasteiger partial charge in [-0.1, -0.05) is 12.1 Å². The number of amides is 1. The molecule has 1 aromatic carbocycles. The van der Waals surface area contributed by atoms with Crippen molar-refractivity contribution < 1.29 is 14.3 Å². The molecule has 0 saturated carbocycles. The number of nitrogens with zero attached hydrogens (tertiary/aromatic N) is 2. The van der Waals surface area contributed by atoms with E-state index >= 15 is 0 Å². The van der Waals surface area contributed by atoms with Gasteiger partial charge in [-0.25, -0.2) is 4.79 Å². The molecule has 144 valence electrons. The normalized spacial score (nSPS) is 15.3. The molecule has 0 bridgehead atoms. The number of aliphatic imine (C=N–C) groups is 1. The molecule has 1 aliphatic rings. The van der Waals surface area contributed by atoms with Gasteiger partial charge in [-0.2, -0.15) is 0 Å². The maximum absolute atomic E-state index is 12.0. The van der Waals surface area contributed by atoms with Crippen LogP contribution in [0.2, 0.25) is 0 Å². The Kier molecular flexibility index (Phi) is 6.34. The van der Waals surface area contributed by atoms with Crippen LogP contribution in [-0.2, 0) is 11.3 Å². The highest BCUT2D eigenvalue weighted by molar-refractivity contribution is 5.80. The SMILES string of the molecule is CN=C(NCc1ccc(OC)c(C)c1)NC1CN(C(=O)OC(C)(C)C)C1. The fourth-order valence-electron chi connectivity index (χ4n) is 2.67. The fourth-order valence-corrected chi connectivity index (χ4v) is 2.67. The van der Waals surface area contributed by atoms with Gasteiger partial charge >= 0.3 is 6.09 Å². The second-order valence-electron chi connectivity index (χ2n) is 7.46. The molecule has 2 rings (SSSR count). The van der Waals surface area contributed by atoms with Crippen LogP contribution in [0.3, 0.4) is 0 Å². The van der Waals surface area contributed by atoms with Crippen molar-refractivity contribution in [2.45, 2.75) is 45.9 Å². The molecule has 1 heterocycles. The van der Waals surface area contributed by atoms with Crippen LogP contribution in [0.1, 0.15) is 31.9 Å². The smallest absolute Gasteiger partial charge is 0.410 e. The van der Waals surface area contributed by atoms with E-state index in [-0.39, 0.29) is 12.1 Å². The van der Waals surface area contributed by atoms with Crippen molar-refractivity contribution in [3.8, 4) is 5.75 Å². The Balaban J connectivity index is 1.77. The lowest BCUT2D eigenvalue weighted by Gasteiger charge is -2.40. The lowest BCUT2D eigenvalue weighted by Crippen LogP contribution is -2.63. The van der Waals surface area contributed by atoms with E-state index in [4.69, 9.17) is 9.47 Å². The lowest BCUT2D eigenvalue weighted by molar-refractivity contribution is 0.00701. The highest BCUT2D eigenvalue weighted by atomic mass is 16.6. The second kappa shape index (κ2) is 8.29. The van der Waals surface area contributed by atoms with E-state index in [1.54, 1.807) is 19.1 Å². The molecular weight excluding hydrogens is 332 g/mol. The first-order chi connectivity index (χ1) is 12.2. The van der Waals surface area contributed by atoms with Gasteiger partial charge in [0, 0.05) is 26.7 Å². The molecule has 7 nitrogen and oxygen atoms in total. The van der Waals surface area contributed by atoms with Gasteiger partial charge in [0.1, 0.15) is 11.4 Å². The van der Waals surface area contributed by atoms with Gasteiger partial charge in [0.05, 0.1) is 13.2 Å². The zero-order valence-corrected chi connectivity index (χ0v) is 16.5. The number of likely N-dealkylation sites (tertiary alicyclic amines) is 1. The molecule has 1 aromatic rings. The van der Waals surface area contributed by atoms with E-state index in [1.807, 2.05) is 39.8 Å². The summed E-state index contributed by atoms with van der Waals surface area (Å²) in [5.74, 6) is 1.60. The van der Waals surface area contributed by atoms with E-state index in [0.717, 1.165) is 16.9 Å². The minimum absolute atomic E-state index is 0.173. The standard InChI is InChI=1S/C19H30N4O3/c1-13-9-14(7-8-16(13)25-6)10-21-17(20-5)22-15-11-23(12-15)18(24)26-19(2,3)4/h7-9,15H,10-12H2,1-6H3,(H2,20,21,22). The molecular formula is C19H30N4O3. The van der Waals surface area contributed by atoms with Gasteiger partial charge in [-0.15, -0.1) is 0 Å². The maximum Gasteiger partial charge on any atom is 0.410 e. The van der Waals surface area contributed by atoms with Crippen LogP contribution in [0.4, 0.5) is 4.79 Å². The molecule has 26 heavy (non-hydrogen) atoms. The third-order valence-electron chi connectivity index (χ3n) is 4.02. The summed E-state index contributed by atoms with van der Waals surface area (Å²) in [5, 5.41) is 6.62. The molecule has 0 aromatic heterocycles. The van der Waals surface area contributed by atoms with Crippen LogP contribution < -0.4 is 15.4 Å². The highest BCUT2D eigenvalue weighted by Crippen LogP contribution is 2.18. The summed E-state index contributed by atoms with van der Waals surface area (Å²) in [5.41, 5.74) is 1.78. The minimum Gasteiger partial charge on any atom is -0.496 e. The number of carbonyl (C=O) groups excluding carboxylic acids is 1. The summed E-state index contributed by atoms with van der Waals surface area (Å²) in [6.07, 6.45) is -0.271. The summed E-state index contributed by atoms with van der Waals surface area (Å²) in [6, 6.07) is 6.26. The minimum atomic E-state index is -0.469. The van der Waals surface area contributed by atoms with Crippen LogP contribution in [0.25, 0.3) is 0 Å². The number of rotatable bonds is 4. The largest absolute Gasteiger partial charge is 0.496 e. The van der Waals surface area contributed by atoms with Crippen molar-refractivity contribution >= 4 is 12.1 Å². The monoisotopic (exact) mass is 362 g/mol. The van der Waals surface area contributed by atoms with Gasteiger partial charge < -0.3 is 25.0 Å². The second-order valence-corrected chi connectivity index (χ2v) is 7.46. The average molecular weight is 362 g/mol. The number of ether oxygens (including phenoxy) is 2. The average Bonchev–Trinajstić information content (AvgIpc) is 2.51. The predicted molar refractivity (Wildman–Crippen MR) is 103 cm³/mol. The van der Waals surface area contributed by atoms with Gasteiger partial charge in [0.25, 0.3) is 0 Å². The first kappa shape index (κ1) is 19.9. The fraction of sp³-hybridized carbons (Fsp3) is 0.579. The Morgan fingerprint density at radius 2 is 2.04 bits per heavy atom. The number of nitrogens with one attached hydrogen (secondary N) is 2. The van der Waals surface area contributed by atoms with Crippen LogP contribution in [0.15, 0.2) is 23.2 Å². The highest BCUT2D eigenvalue weighted by Gasteiger charge is 2.34. The lowest BCUT2D eigenvalue weighted by atomic mass is 10.1. The number of aryl methyl sites for hydroxylation is 1. The van der Waals surface area contributed by atoms with E-state index in [1.165, 1.54) is 0 Å². The summed E-state index contributed by atoms with van der Waals surface area (Å²) in [6.45, 7) is 9.50. The summed E-state index contributed by atoms with van der Waals surface area (Å²) >= 11 is 0. The van der Waals surface area contributed by atoms with Crippen LogP contribution in [0, 0.1) is 6.92 Å². The quantitative estimate of drug-likeness (QED) is 0.635. The first-order valence-corrected chi connectivity index (χ1v) is 8.80. The van der Waals surface area contributed by atoms with E-state index in [2.05, 4.69) is 21.7 Å². The Morgan fingerprint density at radius 3 is 2.58 bits per heavy atom. The van der Waals surface area contributed by atoms with E-state index < -0.39 is 5.60 Å². The van der Waals surface area contributed by atoms with Gasteiger partial charge in [-0.3, -0.25) is 4.99 Å². The van der Waals surface area contributed by atoms with Crippen molar-refractivity contribution in [1.29, 1.82) is 0 Å². The van der Waals surface area contributed by atoms with Crippen molar-refractivity contribution in [2.24, 2.45) is 4.99 Å². The predicted octanol–water partition coefficient (Wildman–Crippen LogP) is 2.29. The molecule has 0 aliphatic carbocycles. The molecule has 0 atom stereocenters. The van der Waals surface area contributed by atoms with E-state index in [9.17, 15) is 4.79 Å². The first-order valence-electron chi connectivity index (χ1n) is 8.80. The Hall–Kier alpha value is -2.44. The Bertz CT molecular complexity index is 661. The molecule has 2 N–H and O–H groups in total. The van der Waals surface area contributed by atoms with Crippen molar-refractivity contribution in [2.75, 3.05) is 27.2 Å². The number of hydrogen-bond donors (Lipinski definition) is 2. The third kappa shape index (κ3) is 5.54. The number of hydrogen-bond acceptors (Lipinski definition) is 4. The van der Waals surface area contributed by atoms with E-state index in [0.29, 0.717) is 25.6 Å². The van der Waals surface area contributed by atoms with Gasteiger partial charge in [0.15, 0.2) is 5.96 Å². The molecule has 7 heteroatoms. The summed E-state index contributed by atoms with van der Waals surface area (Å²) in [4.78, 5) is 17.9. The summed E-state index contributed by atoms with van der Waals surface area (Å²) in [7, 11) is 3.41. The Labute approximate surface area is 155 Å². The van der Waals surface area contributed by atoms with Gasteiger partial charge in [-0.05, 0) is 44.9 Å². The van der Waals surface area contributed by atoms with Crippen LogP contribution in [0.5, 0.6) is 5.75 Å². The molecule has 1 fully saturated rings. The zero-order chi connectivity index (χ0) is 19.3. The third-order valence-corrected chi connectivity index (χ3v) is 4.02. The zero-order valence-electron chi connectivity index (χ0n) is 16.5. The molecule has 1 amide bonds.